The van der Waals surface area contributed by atoms with Gasteiger partial charge in [0.1, 0.15) is 11.2 Å². The molecule has 98 valence electrons. The summed E-state index contributed by atoms with van der Waals surface area (Å²) in [7, 11) is 0. The second kappa shape index (κ2) is 5.84. The molecule has 0 aliphatic carbocycles. The summed E-state index contributed by atoms with van der Waals surface area (Å²) in [5.41, 5.74) is 6.22. The highest BCUT2D eigenvalue weighted by atomic mass is 35.5. The van der Waals surface area contributed by atoms with Crippen LogP contribution in [0, 0.1) is 0 Å². The molecular weight excluding hydrogens is 275 g/mol. The Morgan fingerprint density at radius 2 is 2.39 bits per heavy atom. The van der Waals surface area contributed by atoms with Crippen LogP contribution in [0.15, 0.2) is 12.3 Å². The number of primary amides is 1. The van der Waals surface area contributed by atoms with Gasteiger partial charge in [0.25, 0.3) is 0 Å². The average Bonchev–Trinajstić information content (AvgIpc) is 2.33. The number of rotatable bonds is 3. The predicted molar refractivity (Wildman–Crippen MR) is 70.5 cm³/mol. The summed E-state index contributed by atoms with van der Waals surface area (Å²) in [6.45, 7) is 2.67. The highest BCUT2D eigenvalue weighted by Crippen LogP contribution is 2.21. The molecule has 0 radical (unpaired) electrons. The minimum atomic E-state index is -0.333. The smallest absolute Gasteiger partial charge is 0.236 e. The molecule has 18 heavy (non-hydrogen) atoms. The molecule has 1 aliphatic rings. The van der Waals surface area contributed by atoms with Crippen LogP contribution in [-0.2, 0) is 11.3 Å². The fourth-order valence-corrected chi connectivity index (χ4v) is 2.41. The fraction of sp³-hybridized carbons (Fsp3) is 0.455. The number of aromatic nitrogens is 1. The van der Waals surface area contributed by atoms with Crippen LogP contribution in [0.25, 0.3) is 0 Å². The van der Waals surface area contributed by atoms with E-state index in [0.29, 0.717) is 23.3 Å². The summed E-state index contributed by atoms with van der Waals surface area (Å²) in [4.78, 5) is 17.4. The molecule has 1 aromatic heterocycles. The van der Waals surface area contributed by atoms with E-state index >= 15 is 0 Å². The van der Waals surface area contributed by atoms with Crippen molar-refractivity contribution in [2.45, 2.75) is 12.6 Å². The summed E-state index contributed by atoms with van der Waals surface area (Å²) < 4.78 is 0. The molecule has 0 bridgehead atoms. The van der Waals surface area contributed by atoms with Crippen molar-refractivity contribution in [2.24, 2.45) is 5.73 Å². The number of nitrogens with two attached hydrogens (primary N) is 1. The van der Waals surface area contributed by atoms with E-state index in [1.165, 1.54) is 0 Å². The van der Waals surface area contributed by atoms with Crippen molar-refractivity contribution >= 4 is 29.1 Å². The zero-order chi connectivity index (χ0) is 13.1. The standard InChI is InChI=1S/C11H14Cl2N4O/c12-8-3-10(13)16-4-7(8)6-17-2-1-15-5-9(17)11(14)18/h3-4,9,15H,1-2,5-6H2,(H2,14,18). The summed E-state index contributed by atoms with van der Waals surface area (Å²) in [6.07, 6.45) is 1.63. The lowest BCUT2D eigenvalue weighted by Crippen LogP contribution is -2.56. The highest BCUT2D eigenvalue weighted by Gasteiger charge is 2.27. The molecule has 5 nitrogen and oxygen atoms in total. The van der Waals surface area contributed by atoms with Gasteiger partial charge in [0.15, 0.2) is 0 Å². The number of piperazine rings is 1. The number of nitrogens with one attached hydrogen (secondary N) is 1. The molecule has 1 aromatic rings. The number of pyridine rings is 1. The van der Waals surface area contributed by atoms with Crippen molar-refractivity contribution in [3.63, 3.8) is 0 Å². The van der Waals surface area contributed by atoms with Crippen molar-refractivity contribution in [3.8, 4) is 0 Å². The monoisotopic (exact) mass is 288 g/mol. The molecule has 1 fully saturated rings. The van der Waals surface area contributed by atoms with E-state index in [2.05, 4.69) is 10.3 Å². The topological polar surface area (TPSA) is 71.2 Å². The van der Waals surface area contributed by atoms with Gasteiger partial charge in [0.05, 0.1) is 0 Å². The lowest BCUT2D eigenvalue weighted by Gasteiger charge is -2.34. The number of amides is 1. The van der Waals surface area contributed by atoms with Gasteiger partial charge in [-0.2, -0.15) is 0 Å². The number of carbonyl (C=O) groups is 1. The maximum atomic E-state index is 11.4. The fourth-order valence-electron chi connectivity index (χ4n) is 1.99. The van der Waals surface area contributed by atoms with Crippen LogP contribution in [0.4, 0.5) is 0 Å². The second-order valence-electron chi connectivity index (χ2n) is 4.19. The third kappa shape index (κ3) is 3.11. The third-order valence-corrected chi connectivity index (χ3v) is 3.51. The Morgan fingerprint density at radius 3 is 3.06 bits per heavy atom. The number of carbonyl (C=O) groups excluding carboxylic acids is 1. The van der Waals surface area contributed by atoms with Crippen molar-refractivity contribution in [1.29, 1.82) is 0 Å². The van der Waals surface area contributed by atoms with Crippen molar-refractivity contribution in [1.82, 2.24) is 15.2 Å². The van der Waals surface area contributed by atoms with Crippen molar-refractivity contribution in [3.05, 3.63) is 28.0 Å². The molecule has 0 aromatic carbocycles. The lowest BCUT2D eigenvalue weighted by atomic mass is 10.1. The molecule has 1 saturated heterocycles. The van der Waals surface area contributed by atoms with Gasteiger partial charge in [-0.1, -0.05) is 23.2 Å². The number of nitrogens with zero attached hydrogens (tertiary/aromatic N) is 2. The molecule has 1 amide bonds. The van der Waals surface area contributed by atoms with Crippen molar-refractivity contribution in [2.75, 3.05) is 19.6 Å². The van der Waals surface area contributed by atoms with Gasteiger partial charge >= 0.3 is 0 Å². The Morgan fingerprint density at radius 1 is 1.61 bits per heavy atom. The van der Waals surface area contributed by atoms with Gasteiger partial charge in [-0.05, 0) is 6.07 Å². The van der Waals surface area contributed by atoms with Crippen LogP contribution in [0.3, 0.4) is 0 Å². The van der Waals surface area contributed by atoms with E-state index in [9.17, 15) is 4.79 Å². The van der Waals surface area contributed by atoms with Crippen LogP contribution in [0.2, 0.25) is 10.2 Å². The van der Waals surface area contributed by atoms with E-state index in [-0.39, 0.29) is 11.9 Å². The molecule has 1 aliphatic heterocycles. The van der Waals surface area contributed by atoms with Gasteiger partial charge in [-0.3, -0.25) is 9.69 Å². The summed E-state index contributed by atoms with van der Waals surface area (Å²) in [5.74, 6) is -0.333. The van der Waals surface area contributed by atoms with E-state index < -0.39 is 0 Å². The molecule has 1 atom stereocenters. The molecule has 2 heterocycles. The Bertz CT molecular complexity index is 455. The number of hydrogen-bond donors (Lipinski definition) is 2. The third-order valence-electron chi connectivity index (χ3n) is 2.95. The average molecular weight is 289 g/mol. The summed E-state index contributed by atoms with van der Waals surface area (Å²) >= 11 is 11.8. The predicted octanol–water partition coefficient (Wildman–Crippen LogP) is 0.648. The van der Waals surface area contributed by atoms with Crippen LogP contribution < -0.4 is 11.1 Å². The Kier molecular flexibility index (Phi) is 4.40. The van der Waals surface area contributed by atoms with E-state index in [1.807, 2.05) is 4.90 Å². The Hall–Kier alpha value is -0.880. The SMILES string of the molecule is NC(=O)C1CNCCN1Cc1cnc(Cl)cc1Cl. The van der Waals surface area contributed by atoms with E-state index in [0.717, 1.165) is 18.7 Å². The highest BCUT2D eigenvalue weighted by molar-refractivity contribution is 6.34. The van der Waals surface area contributed by atoms with Gasteiger partial charge < -0.3 is 11.1 Å². The maximum Gasteiger partial charge on any atom is 0.236 e. The zero-order valence-corrected chi connectivity index (χ0v) is 11.2. The van der Waals surface area contributed by atoms with E-state index in [4.69, 9.17) is 28.9 Å². The first-order chi connectivity index (χ1) is 8.58. The second-order valence-corrected chi connectivity index (χ2v) is 4.99. The Labute approximate surface area is 115 Å². The maximum absolute atomic E-state index is 11.4. The Balaban J connectivity index is 2.13. The van der Waals surface area contributed by atoms with Crippen LogP contribution in [0.5, 0.6) is 0 Å². The lowest BCUT2D eigenvalue weighted by molar-refractivity contribution is -0.124. The van der Waals surface area contributed by atoms with Crippen LogP contribution in [0.1, 0.15) is 5.56 Å². The minimum absolute atomic E-state index is 0.314. The first kappa shape index (κ1) is 13.5. The number of hydrogen-bond acceptors (Lipinski definition) is 4. The molecule has 0 saturated carbocycles. The quantitative estimate of drug-likeness (QED) is 0.801. The summed E-state index contributed by atoms with van der Waals surface area (Å²) in [5, 5.41) is 4.05. The minimum Gasteiger partial charge on any atom is -0.368 e. The van der Waals surface area contributed by atoms with Crippen molar-refractivity contribution < 1.29 is 4.79 Å². The van der Waals surface area contributed by atoms with Crippen LogP contribution in [-0.4, -0.2) is 41.5 Å². The molecule has 0 spiro atoms. The normalized spacial score (nSPS) is 20.9. The molecule has 3 N–H and O–H groups in total. The molecule has 7 heteroatoms. The molecular formula is C11H14Cl2N4O. The largest absolute Gasteiger partial charge is 0.368 e. The summed E-state index contributed by atoms with van der Waals surface area (Å²) in [6, 6.07) is 1.28. The van der Waals surface area contributed by atoms with Crippen LogP contribution >= 0.6 is 23.2 Å². The first-order valence-corrected chi connectivity index (χ1v) is 6.37. The number of halogens is 2. The van der Waals surface area contributed by atoms with Gasteiger partial charge in [0, 0.05) is 43.0 Å². The first-order valence-electron chi connectivity index (χ1n) is 5.62. The van der Waals surface area contributed by atoms with E-state index in [1.54, 1.807) is 12.3 Å². The van der Waals surface area contributed by atoms with Gasteiger partial charge in [0.2, 0.25) is 5.91 Å². The van der Waals surface area contributed by atoms with Gasteiger partial charge in [-0.25, -0.2) is 4.98 Å². The molecule has 2 rings (SSSR count). The zero-order valence-electron chi connectivity index (χ0n) is 9.70. The van der Waals surface area contributed by atoms with Gasteiger partial charge in [-0.15, -0.1) is 0 Å². The molecule has 1 unspecified atom stereocenters.